The van der Waals surface area contributed by atoms with Gasteiger partial charge in [0.05, 0.1) is 16.9 Å². The summed E-state index contributed by atoms with van der Waals surface area (Å²) < 4.78 is 30.5. The molecule has 0 saturated carbocycles. The van der Waals surface area contributed by atoms with Crippen molar-refractivity contribution in [2.45, 2.75) is 30.9 Å². The summed E-state index contributed by atoms with van der Waals surface area (Å²) in [5.74, 6) is -0.788. The molecule has 1 heterocycles. The third-order valence-corrected chi connectivity index (χ3v) is 6.10. The van der Waals surface area contributed by atoms with Crippen LogP contribution < -0.4 is 10.6 Å². The van der Waals surface area contributed by atoms with Gasteiger partial charge in [0.15, 0.2) is 15.6 Å². The Morgan fingerprint density at radius 2 is 1.52 bits per heavy atom. The van der Waals surface area contributed by atoms with E-state index in [0.717, 1.165) is 0 Å². The number of carbonyl (C=O) groups is 2. The topological polar surface area (TPSA) is 105 Å². The van der Waals surface area contributed by atoms with Crippen LogP contribution in [0.1, 0.15) is 36.4 Å². The van der Waals surface area contributed by atoms with Crippen LogP contribution in [-0.4, -0.2) is 20.2 Å². The predicted molar refractivity (Wildman–Crippen MR) is 119 cm³/mol. The second kappa shape index (κ2) is 9.61. The van der Waals surface area contributed by atoms with Crippen molar-refractivity contribution in [2.75, 3.05) is 10.6 Å². The number of anilines is 2. The normalized spacial score (nSPS) is 11.3. The minimum Gasteiger partial charge on any atom is -0.459 e. The van der Waals surface area contributed by atoms with Gasteiger partial charge in [0.1, 0.15) is 0 Å². The molecule has 8 heteroatoms. The third kappa shape index (κ3) is 6.05. The second-order valence-corrected chi connectivity index (χ2v) is 9.51. The van der Waals surface area contributed by atoms with Gasteiger partial charge in [-0.25, -0.2) is 8.42 Å². The highest BCUT2D eigenvalue weighted by atomic mass is 32.2. The van der Waals surface area contributed by atoms with E-state index in [1.165, 1.54) is 24.5 Å². The molecule has 2 aromatic carbocycles. The fraction of sp³-hybridized carbons (Fsp3) is 0.217. The lowest BCUT2D eigenvalue weighted by atomic mass is 10.1. The van der Waals surface area contributed by atoms with Crippen molar-refractivity contribution in [1.29, 1.82) is 0 Å². The summed E-state index contributed by atoms with van der Waals surface area (Å²) in [5, 5.41) is 5.48. The molecule has 2 N–H and O–H groups in total. The summed E-state index contributed by atoms with van der Waals surface area (Å²) in [6, 6.07) is 16.2. The molecule has 2 amide bonds. The number of benzene rings is 2. The molecule has 0 saturated heterocycles. The number of carbonyl (C=O) groups excluding carboxylic acids is 2. The molecule has 31 heavy (non-hydrogen) atoms. The monoisotopic (exact) mass is 440 g/mol. The van der Waals surface area contributed by atoms with Crippen LogP contribution in [0.15, 0.2) is 76.2 Å². The standard InChI is InChI=1S/C23H24N2O5S/c1-16(2)14-21(26)24-18-8-10-19(11-9-18)25-23(27)22-17(12-13-30-22)15-31(28,29)20-6-4-3-5-7-20/h3-13,16H,14-15H2,1-2H3,(H,24,26)(H,25,27). The van der Waals surface area contributed by atoms with E-state index in [-0.39, 0.29) is 33.8 Å². The lowest BCUT2D eigenvalue weighted by Crippen LogP contribution is -2.15. The Labute approximate surface area is 181 Å². The van der Waals surface area contributed by atoms with Crippen LogP contribution in [0.25, 0.3) is 0 Å². The van der Waals surface area contributed by atoms with E-state index in [9.17, 15) is 18.0 Å². The van der Waals surface area contributed by atoms with Gasteiger partial charge in [0.25, 0.3) is 5.91 Å². The van der Waals surface area contributed by atoms with Crippen molar-refractivity contribution >= 4 is 33.0 Å². The highest BCUT2D eigenvalue weighted by Gasteiger charge is 2.22. The van der Waals surface area contributed by atoms with E-state index in [1.807, 2.05) is 13.8 Å². The number of hydrogen-bond acceptors (Lipinski definition) is 5. The number of furan rings is 1. The smallest absolute Gasteiger partial charge is 0.291 e. The maximum Gasteiger partial charge on any atom is 0.291 e. The summed E-state index contributed by atoms with van der Waals surface area (Å²) in [6.07, 6.45) is 1.71. The van der Waals surface area contributed by atoms with E-state index >= 15 is 0 Å². The van der Waals surface area contributed by atoms with Gasteiger partial charge in [-0.15, -0.1) is 0 Å². The molecule has 0 unspecified atom stereocenters. The molecular weight excluding hydrogens is 416 g/mol. The Bertz CT molecular complexity index is 1150. The van der Waals surface area contributed by atoms with Crippen LogP contribution in [0.3, 0.4) is 0 Å². The van der Waals surface area contributed by atoms with Crippen LogP contribution in [0, 0.1) is 5.92 Å². The van der Waals surface area contributed by atoms with Gasteiger partial charge in [-0.2, -0.15) is 0 Å². The number of hydrogen-bond donors (Lipinski definition) is 2. The van der Waals surface area contributed by atoms with Crippen molar-refractivity contribution < 1.29 is 22.4 Å². The fourth-order valence-corrected chi connectivity index (χ4v) is 4.35. The minimum absolute atomic E-state index is 0.0613. The molecule has 0 aliphatic carbocycles. The molecule has 162 valence electrons. The maximum absolute atomic E-state index is 12.6. The van der Waals surface area contributed by atoms with E-state index in [0.29, 0.717) is 17.8 Å². The minimum atomic E-state index is -3.62. The highest BCUT2D eigenvalue weighted by Crippen LogP contribution is 2.21. The molecule has 0 atom stereocenters. The summed E-state index contributed by atoms with van der Waals surface area (Å²) in [6.45, 7) is 3.93. The highest BCUT2D eigenvalue weighted by molar-refractivity contribution is 7.90. The fourth-order valence-electron chi connectivity index (χ4n) is 2.97. The Balaban J connectivity index is 1.67. The van der Waals surface area contributed by atoms with Gasteiger partial charge in [0, 0.05) is 23.4 Å². The van der Waals surface area contributed by atoms with Gasteiger partial charge in [0.2, 0.25) is 5.91 Å². The van der Waals surface area contributed by atoms with Crippen molar-refractivity contribution in [3.05, 3.63) is 78.3 Å². The molecule has 0 aliphatic heterocycles. The molecule has 0 fully saturated rings. The molecular formula is C23H24N2O5S. The Kier molecular flexibility index (Phi) is 6.91. The first kappa shape index (κ1) is 22.3. The van der Waals surface area contributed by atoms with E-state index in [4.69, 9.17) is 4.42 Å². The first-order valence-corrected chi connectivity index (χ1v) is 11.5. The lowest BCUT2D eigenvalue weighted by Gasteiger charge is -2.09. The first-order chi connectivity index (χ1) is 14.7. The van der Waals surface area contributed by atoms with Gasteiger partial charge in [-0.05, 0) is 48.4 Å². The van der Waals surface area contributed by atoms with Crippen molar-refractivity contribution in [3.8, 4) is 0 Å². The van der Waals surface area contributed by atoms with Crippen molar-refractivity contribution in [3.63, 3.8) is 0 Å². The summed E-state index contributed by atoms with van der Waals surface area (Å²) in [7, 11) is -3.62. The van der Waals surface area contributed by atoms with E-state index in [1.54, 1.807) is 42.5 Å². The number of amides is 2. The van der Waals surface area contributed by atoms with E-state index < -0.39 is 15.7 Å². The lowest BCUT2D eigenvalue weighted by molar-refractivity contribution is -0.116. The molecule has 1 aromatic heterocycles. The Morgan fingerprint density at radius 3 is 2.13 bits per heavy atom. The quantitative estimate of drug-likeness (QED) is 0.537. The predicted octanol–water partition coefficient (Wildman–Crippen LogP) is 4.49. The Hall–Kier alpha value is -3.39. The molecule has 0 bridgehead atoms. The van der Waals surface area contributed by atoms with Gasteiger partial charge in [-0.3, -0.25) is 9.59 Å². The number of sulfone groups is 1. The molecule has 0 spiro atoms. The van der Waals surface area contributed by atoms with Gasteiger partial charge in [-0.1, -0.05) is 32.0 Å². The average molecular weight is 441 g/mol. The van der Waals surface area contributed by atoms with Gasteiger partial charge >= 0.3 is 0 Å². The molecule has 0 radical (unpaired) electrons. The zero-order valence-corrected chi connectivity index (χ0v) is 18.1. The van der Waals surface area contributed by atoms with Crippen LogP contribution in [0.5, 0.6) is 0 Å². The number of rotatable bonds is 8. The molecule has 0 aliphatic rings. The van der Waals surface area contributed by atoms with Crippen molar-refractivity contribution in [1.82, 2.24) is 0 Å². The molecule has 7 nitrogen and oxygen atoms in total. The van der Waals surface area contributed by atoms with Crippen LogP contribution in [-0.2, 0) is 20.4 Å². The zero-order valence-electron chi connectivity index (χ0n) is 17.3. The Morgan fingerprint density at radius 1 is 0.903 bits per heavy atom. The maximum atomic E-state index is 12.6. The van der Waals surface area contributed by atoms with Gasteiger partial charge < -0.3 is 15.1 Å². The van der Waals surface area contributed by atoms with E-state index in [2.05, 4.69) is 10.6 Å². The van der Waals surface area contributed by atoms with Crippen LogP contribution in [0.2, 0.25) is 0 Å². The largest absolute Gasteiger partial charge is 0.459 e. The number of nitrogens with one attached hydrogen (secondary N) is 2. The molecule has 3 rings (SSSR count). The zero-order chi connectivity index (χ0) is 22.4. The molecule has 3 aromatic rings. The third-order valence-electron chi connectivity index (χ3n) is 4.42. The second-order valence-electron chi connectivity index (χ2n) is 7.52. The summed E-state index contributed by atoms with van der Waals surface area (Å²) in [4.78, 5) is 24.7. The summed E-state index contributed by atoms with van der Waals surface area (Å²) in [5.41, 5.74) is 1.38. The summed E-state index contributed by atoms with van der Waals surface area (Å²) >= 11 is 0. The first-order valence-electron chi connectivity index (χ1n) is 9.80. The van der Waals surface area contributed by atoms with Crippen molar-refractivity contribution in [2.24, 2.45) is 5.92 Å². The average Bonchev–Trinajstić information content (AvgIpc) is 3.17. The van der Waals surface area contributed by atoms with Crippen LogP contribution >= 0.6 is 0 Å². The SMILES string of the molecule is CC(C)CC(=O)Nc1ccc(NC(=O)c2occc2CS(=O)(=O)c2ccccc2)cc1. The van der Waals surface area contributed by atoms with Crippen LogP contribution in [0.4, 0.5) is 11.4 Å².